The number of fused-ring (bicyclic) bond motifs is 8. The molecule has 5 heterocycles. The van der Waals surface area contributed by atoms with Crippen molar-refractivity contribution in [2.45, 2.75) is 73.6 Å². The number of aromatic amines is 2. The van der Waals surface area contributed by atoms with Crippen LogP contribution in [0, 0.1) is 13.8 Å². The van der Waals surface area contributed by atoms with E-state index in [1.165, 1.54) is 5.01 Å². The second-order valence-electron chi connectivity index (χ2n) is 12.5. The molecule has 1 amide bonds. The van der Waals surface area contributed by atoms with Gasteiger partial charge in [0.05, 0.1) is 22.8 Å². The van der Waals surface area contributed by atoms with E-state index in [2.05, 4.69) is 41.5 Å². The third kappa shape index (κ3) is 9.34. The predicted octanol–water partition coefficient (Wildman–Crippen LogP) is 8.81. The van der Waals surface area contributed by atoms with Gasteiger partial charge in [0.2, 0.25) is 6.41 Å². The van der Waals surface area contributed by atoms with Gasteiger partial charge < -0.3 is 20.2 Å². The first-order chi connectivity index (χ1) is 24.4. The normalized spacial score (nSPS) is 12.1. The Kier molecular flexibility index (Phi) is 14.9. The van der Waals surface area contributed by atoms with Crippen LogP contribution in [0.5, 0.6) is 0 Å². The number of halogens is 1. The van der Waals surface area contributed by atoms with Crippen LogP contribution in [0.25, 0.3) is 56.5 Å². The van der Waals surface area contributed by atoms with Crippen molar-refractivity contribution in [3.63, 3.8) is 0 Å². The Bertz CT molecular complexity index is 2110. The molecule has 0 radical (unpaired) electrons. The maximum absolute atomic E-state index is 11.5. The average Bonchev–Trinajstić information content (AvgIpc) is 3.76. The Hall–Kier alpha value is -4.82. The number of nitrogens with one attached hydrogen (secondary N) is 3. The number of hydrogen-bond donors (Lipinski definition) is 5. The molecule has 11 nitrogen and oxygen atoms in total. The molecule has 2 aliphatic rings. The summed E-state index contributed by atoms with van der Waals surface area (Å²) in [4.78, 5) is 50.1. The summed E-state index contributed by atoms with van der Waals surface area (Å²) in [5.74, 6) is -1.78. The Morgan fingerprint density at radius 2 is 1.19 bits per heavy atom. The summed E-state index contributed by atoms with van der Waals surface area (Å²) in [7, 11) is 0. The zero-order valence-electron chi connectivity index (χ0n) is 30.8. The van der Waals surface area contributed by atoms with Gasteiger partial charge in [-0.2, -0.15) is 0 Å². The Morgan fingerprint density at radius 3 is 1.60 bits per heavy atom. The standard InChI is InChI=1S/C34H34N4O4.C6H14N2O.HI/c1-7-21-17(3)25-13-26-19(5)23(9-11-33(39)40)31(37-26)16-32-24(10-12-34(41)42)20(6)28(38-32)15-30-22(8-2)18(4)27(36-30)14-29(21)35-25;1-3-5-7-8(4-2)6-9;/h7-8,13-16,35-36H,1-2,9-12H2,3-6H3,(H,39,40)(H,41,42);6-7H,3-5H2,1-2H3;1H. The topological polar surface area (TPSA) is 164 Å². The minimum absolute atomic E-state index is 0. The molecule has 0 saturated heterocycles. The molecule has 0 unspecified atom stereocenters. The van der Waals surface area contributed by atoms with E-state index in [4.69, 9.17) is 9.97 Å². The fourth-order valence-corrected chi connectivity index (χ4v) is 6.25. The summed E-state index contributed by atoms with van der Waals surface area (Å²) in [5, 5.41) is 20.4. The van der Waals surface area contributed by atoms with Crippen molar-refractivity contribution < 1.29 is 24.6 Å². The fourth-order valence-electron chi connectivity index (χ4n) is 6.25. The van der Waals surface area contributed by atoms with Crippen molar-refractivity contribution in [2.24, 2.45) is 0 Å². The van der Waals surface area contributed by atoms with Crippen LogP contribution in [-0.4, -0.2) is 66.6 Å². The van der Waals surface area contributed by atoms with Crippen LogP contribution >= 0.6 is 24.0 Å². The largest absolute Gasteiger partial charge is 0.481 e. The molecule has 3 aromatic rings. The third-order valence-corrected chi connectivity index (χ3v) is 9.25. The van der Waals surface area contributed by atoms with Crippen molar-refractivity contribution in [1.29, 1.82) is 0 Å². The minimum atomic E-state index is -0.889. The van der Waals surface area contributed by atoms with E-state index in [1.807, 2.05) is 65.0 Å². The van der Waals surface area contributed by atoms with E-state index in [0.717, 1.165) is 104 Å². The van der Waals surface area contributed by atoms with E-state index in [1.54, 1.807) is 0 Å². The number of aromatic nitrogens is 4. The van der Waals surface area contributed by atoms with Crippen molar-refractivity contribution in [3.8, 4) is 0 Å². The van der Waals surface area contributed by atoms with Crippen molar-refractivity contribution in [3.05, 3.63) is 82.5 Å². The van der Waals surface area contributed by atoms with Gasteiger partial charge in [-0.15, -0.1) is 24.0 Å². The minimum Gasteiger partial charge on any atom is -0.481 e. The lowest BCUT2D eigenvalue weighted by atomic mass is 9.98. The van der Waals surface area contributed by atoms with Crippen LogP contribution in [-0.2, 0) is 14.4 Å². The van der Waals surface area contributed by atoms with Crippen molar-refractivity contribution in [1.82, 2.24) is 30.4 Å². The van der Waals surface area contributed by atoms with E-state index < -0.39 is 11.9 Å². The molecule has 5 N–H and O–H groups in total. The molecule has 0 spiro atoms. The zero-order chi connectivity index (χ0) is 37.4. The first kappa shape index (κ1) is 41.6. The first-order valence-electron chi connectivity index (χ1n) is 17.2. The first-order valence-corrected chi connectivity index (χ1v) is 17.2. The van der Waals surface area contributed by atoms with Gasteiger partial charge in [-0.1, -0.05) is 32.2 Å². The number of carbonyl (C=O) groups is 3. The molecular formula is C40H49IN6O5. The van der Waals surface area contributed by atoms with Crippen LogP contribution in [0.15, 0.2) is 37.4 Å². The van der Waals surface area contributed by atoms with Crippen LogP contribution < -0.4 is 5.43 Å². The maximum atomic E-state index is 11.5. The highest BCUT2D eigenvalue weighted by Gasteiger charge is 2.22. The number of rotatable bonds is 13. The number of allylic oxidation sites excluding steroid dienone is 4. The second-order valence-corrected chi connectivity index (χ2v) is 12.5. The lowest BCUT2D eigenvalue weighted by Crippen LogP contribution is -2.36. The van der Waals surface area contributed by atoms with Gasteiger partial charge in [-0.25, -0.2) is 15.4 Å². The molecule has 0 fully saturated rings. The highest BCUT2D eigenvalue weighted by Crippen LogP contribution is 2.38. The number of carboxylic acid groups (broad SMARTS) is 2. The fraction of sp³-hybridized carbons (Fsp3) is 0.325. The summed E-state index contributed by atoms with van der Waals surface area (Å²) in [5.41, 5.74) is 16.6. The Morgan fingerprint density at radius 1 is 0.750 bits per heavy atom. The Balaban J connectivity index is 0.000000646. The molecule has 2 aliphatic heterocycles. The van der Waals surface area contributed by atoms with E-state index >= 15 is 0 Å². The maximum Gasteiger partial charge on any atom is 0.303 e. The number of nitrogens with zero attached hydrogens (tertiary/aromatic N) is 3. The number of H-pyrrole nitrogens is 2. The van der Waals surface area contributed by atoms with Crippen LogP contribution in [0.4, 0.5) is 0 Å². The van der Waals surface area contributed by atoms with Gasteiger partial charge in [0.25, 0.3) is 0 Å². The van der Waals surface area contributed by atoms with E-state index in [0.29, 0.717) is 24.2 Å². The highest BCUT2D eigenvalue weighted by atomic mass is 127. The number of aryl methyl sites for hydroxylation is 2. The van der Waals surface area contributed by atoms with Gasteiger partial charge in [-0.05, 0) is 112 Å². The molecule has 276 valence electrons. The SMILES string of the molecule is C=Cc1c(C)c2cc3[nH]c(cc4nc(cc5nc(cc1[nH]2)C(C)=C5CCC(=O)O)C(CCC(=O)O)=C4C)c(C)c3C=C.CCCNN(C=O)CC.I. The van der Waals surface area contributed by atoms with Crippen LogP contribution in [0.1, 0.15) is 105 Å². The van der Waals surface area contributed by atoms with Crippen LogP contribution in [0.3, 0.4) is 0 Å². The summed E-state index contributed by atoms with van der Waals surface area (Å²) in [6.45, 7) is 21.7. The number of carbonyl (C=O) groups excluding carboxylic acids is 1. The Labute approximate surface area is 321 Å². The number of hydrogen-bond acceptors (Lipinski definition) is 6. The van der Waals surface area contributed by atoms with E-state index in [9.17, 15) is 24.6 Å². The number of amides is 1. The van der Waals surface area contributed by atoms with Crippen LogP contribution in [0.2, 0.25) is 0 Å². The quantitative estimate of drug-likeness (QED) is 0.0649. The molecule has 0 aromatic carbocycles. The smallest absolute Gasteiger partial charge is 0.303 e. The second kappa shape index (κ2) is 18.6. The van der Waals surface area contributed by atoms with Gasteiger partial charge >= 0.3 is 11.9 Å². The number of aliphatic carboxylic acids is 2. The monoisotopic (exact) mass is 820 g/mol. The van der Waals surface area contributed by atoms with E-state index in [-0.39, 0.29) is 36.8 Å². The summed E-state index contributed by atoms with van der Waals surface area (Å²) >= 11 is 0. The zero-order valence-corrected chi connectivity index (χ0v) is 33.1. The summed E-state index contributed by atoms with van der Waals surface area (Å²) in [6, 6.07) is 7.88. The predicted molar refractivity (Wildman–Crippen MR) is 222 cm³/mol. The van der Waals surface area contributed by atoms with Crippen molar-refractivity contribution >= 4 is 98.8 Å². The van der Waals surface area contributed by atoms with Gasteiger partial charge in [0.1, 0.15) is 0 Å². The molecule has 0 atom stereocenters. The molecule has 0 aliphatic carbocycles. The average molecular weight is 821 g/mol. The molecule has 52 heavy (non-hydrogen) atoms. The van der Waals surface area contributed by atoms with Crippen molar-refractivity contribution in [2.75, 3.05) is 13.1 Å². The molecule has 0 saturated carbocycles. The summed E-state index contributed by atoms with van der Waals surface area (Å²) < 4.78 is 0. The summed E-state index contributed by atoms with van der Waals surface area (Å²) in [6.07, 6.45) is 6.05. The molecule has 3 aromatic heterocycles. The molecule has 12 heteroatoms. The van der Waals surface area contributed by atoms with Gasteiger partial charge in [-0.3, -0.25) is 19.4 Å². The molecule has 8 bridgehead atoms. The number of carboxylic acids is 2. The third-order valence-electron chi connectivity index (χ3n) is 9.25. The molecular weight excluding hydrogens is 771 g/mol. The lowest BCUT2D eigenvalue weighted by Gasteiger charge is -2.14. The lowest BCUT2D eigenvalue weighted by molar-refractivity contribution is -0.137. The molecule has 5 rings (SSSR count). The van der Waals surface area contributed by atoms with Gasteiger partial charge in [0.15, 0.2) is 0 Å². The number of hydrazine groups is 1. The highest BCUT2D eigenvalue weighted by molar-refractivity contribution is 14.0. The van der Waals surface area contributed by atoms with Gasteiger partial charge in [0, 0.05) is 59.1 Å².